The van der Waals surface area contributed by atoms with Crippen LogP contribution >= 0.6 is 34.8 Å². The SMILES string of the molecule is Cc1nn(C)c(Cl)c1CC(=O)Cc1ccc(Cl)c(Cl)c1. The third-order valence-corrected chi connectivity index (χ3v) is 4.24. The molecule has 0 aliphatic heterocycles. The zero-order valence-corrected chi connectivity index (χ0v) is 13.4. The summed E-state index contributed by atoms with van der Waals surface area (Å²) in [5.74, 6) is 0.0568. The van der Waals surface area contributed by atoms with Gasteiger partial charge in [0, 0.05) is 25.5 Å². The Bertz CT molecular complexity index is 665. The van der Waals surface area contributed by atoms with Crippen LogP contribution < -0.4 is 0 Å². The number of ketones is 1. The van der Waals surface area contributed by atoms with E-state index in [1.54, 1.807) is 29.9 Å². The number of rotatable bonds is 4. The van der Waals surface area contributed by atoms with E-state index in [1.165, 1.54) is 0 Å². The highest BCUT2D eigenvalue weighted by atomic mass is 35.5. The Labute approximate surface area is 132 Å². The molecule has 0 aliphatic carbocycles. The summed E-state index contributed by atoms with van der Waals surface area (Å²) >= 11 is 17.9. The van der Waals surface area contributed by atoms with Crippen LogP contribution in [0, 0.1) is 6.92 Å². The second kappa shape index (κ2) is 6.17. The average Bonchev–Trinajstić information content (AvgIpc) is 2.61. The molecule has 0 radical (unpaired) electrons. The molecule has 0 aliphatic rings. The van der Waals surface area contributed by atoms with Crippen molar-refractivity contribution in [1.29, 1.82) is 0 Å². The Kier molecular flexibility index (Phi) is 4.74. The molecule has 0 N–H and O–H groups in total. The molecule has 20 heavy (non-hydrogen) atoms. The fourth-order valence-electron chi connectivity index (χ4n) is 2.01. The number of hydrogen-bond donors (Lipinski definition) is 0. The van der Waals surface area contributed by atoms with Gasteiger partial charge in [0.05, 0.1) is 15.7 Å². The fourth-order valence-corrected chi connectivity index (χ4v) is 2.57. The van der Waals surface area contributed by atoms with Crippen LogP contribution in [0.25, 0.3) is 0 Å². The number of carbonyl (C=O) groups excluding carboxylic acids is 1. The van der Waals surface area contributed by atoms with Gasteiger partial charge in [0.2, 0.25) is 0 Å². The van der Waals surface area contributed by atoms with Gasteiger partial charge in [0.1, 0.15) is 10.9 Å². The first-order valence-corrected chi connectivity index (χ1v) is 7.15. The maximum absolute atomic E-state index is 12.1. The molecule has 1 aromatic heterocycles. The molecule has 0 unspecified atom stereocenters. The minimum Gasteiger partial charge on any atom is -0.299 e. The first-order valence-electron chi connectivity index (χ1n) is 6.02. The van der Waals surface area contributed by atoms with Gasteiger partial charge >= 0.3 is 0 Å². The number of halogens is 3. The normalized spacial score (nSPS) is 10.8. The van der Waals surface area contributed by atoms with E-state index in [1.807, 2.05) is 6.92 Å². The van der Waals surface area contributed by atoms with Gasteiger partial charge in [-0.1, -0.05) is 40.9 Å². The van der Waals surface area contributed by atoms with Crippen LogP contribution in [-0.4, -0.2) is 15.6 Å². The van der Waals surface area contributed by atoms with Gasteiger partial charge in [-0.15, -0.1) is 0 Å². The number of carbonyl (C=O) groups is 1. The second-order valence-corrected chi connectivity index (χ2v) is 5.79. The number of Topliss-reactive ketones (excluding diaryl/α,β-unsaturated/α-hetero) is 1. The molecule has 2 rings (SSSR count). The van der Waals surface area contributed by atoms with Crippen LogP contribution in [0.1, 0.15) is 16.8 Å². The van der Waals surface area contributed by atoms with Crippen LogP contribution in [0.4, 0.5) is 0 Å². The van der Waals surface area contributed by atoms with E-state index in [0.29, 0.717) is 21.6 Å². The maximum Gasteiger partial charge on any atom is 0.141 e. The second-order valence-electron chi connectivity index (χ2n) is 4.62. The summed E-state index contributed by atoms with van der Waals surface area (Å²) < 4.78 is 1.57. The lowest BCUT2D eigenvalue weighted by atomic mass is 10.0. The smallest absolute Gasteiger partial charge is 0.141 e. The summed E-state index contributed by atoms with van der Waals surface area (Å²) in [5, 5.41) is 5.63. The van der Waals surface area contributed by atoms with Crippen molar-refractivity contribution in [2.24, 2.45) is 7.05 Å². The minimum absolute atomic E-state index is 0.0568. The monoisotopic (exact) mass is 330 g/mol. The number of aromatic nitrogens is 2. The lowest BCUT2D eigenvalue weighted by Crippen LogP contribution is -2.07. The number of nitrogens with zero attached hydrogens (tertiary/aromatic N) is 2. The van der Waals surface area contributed by atoms with Gasteiger partial charge in [-0.3, -0.25) is 9.48 Å². The molecular formula is C14H13Cl3N2O. The molecule has 6 heteroatoms. The first kappa shape index (κ1) is 15.4. The van der Waals surface area contributed by atoms with Crippen molar-refractivity contribution in [3.8, 4) is 0 Å². The van der Waals surface area contributed by atoms with Crippen LogP contribution in [0.2, 0.25) is 15.2 Å². The van der Waals surface area contributed by atoms with Gasteiger partial charge in [0.15, 0.2) is 0 Å². The Morgan fingerprint density at radius 3 is 2.45 bits per heavy atom. The molecule has 0 bridgehead atoms. The van der Waals surface area contributed by atoms with Crippen molar-refractivity contribution < 1.29 is 4.79 Å². The zero-order valence-electron chi connectivity index (χ0n) is 11.1. The summed E-state index contributed by atoms with van der Waals surface area (Å²) in [5.41, 5.74) is 2.39. The summed E-state index contributed by atoms with van der Waals surface area (Å²) in [6.45, 7) is 1.84. The Balaban J connectivity index is 2.11. The Morgan fingerprint density at radius 2 is 1.90 bits per heavy atom. The number of benzene rings is 1. The lowest BCUT2D eigenvalue weighted by molar-refractivity contribution is -0.117. The summed E-state index contributed by atoms with van der Waals surface area (Å²) in [7, 11) is 1.75. The van der Waals surface area contributed by atoms with Crippen molar-refractivity contribution in [3.63, 3.8) is 0 Å². The number of hydrogen-bond acceptors (Lipinski definition) is 2. The highest BCUT2D eigenvalue weighted by molar-refractivity contribution is 6.42. The van der Waals surface area contributed by atoms with Crippen LogP contribution in [0.3, 0.4) is 0 Å². The standard InChI is InChI=1S/C14H13Cl3N2O/c1-8-11(14(17)19(2)18-8)7-10(20)5-9-3-4-12(15)13(16)6-9/h3-4,6H,5,7H2,1-2H3. The molecule has 0 fully saturated rings. The minimum atomic E-state index is 0.0568. The number of aryl methyl sites for hydroxylation is 2. The third-order valence-electron chi connectivity index (χ3n) is 3.03. The predicted molar refractivity (Wildman–Crippen MR) is 81.8 cm³/mol. The highest BCUT2D eigenvalue weighted by Gasteiger charge is 2.15. The summed E-state index contributed by atoms with van der Waals surface area (Å²) in [6, 6.07) is 5.19. The molecule has 2 aromatic rings. The van der Waals surface area contributed by atoms with Crippen LogP contribution in [0.5, 0.6) is 0 Å². The van der Waals surface area contributed by atoms with Crippen molar-refractivity contribution in [1.82, 2.24) is 9.78 Å². The topological polar surface area (TPSA) is 34.9 Å². The van der Waals surface area contributed by atoms with E-state index in [0.717, 1.165) is 16.8 Å². The van der Waals surface area contributed by atoms with Gasteiger partial charge in [-0.25, -0.2) is 0 Å². The Morgan fingerprint density at radius 1 is 1.20 bits per heavy atom. The van der Waals surface area contributed by atoms with Crippen LogP contribution in [0.15, 0.2) is 18.2 Å². The maximum atomic E-state index is 12.1. The van der Waals surface area contributed by atoms with E-state index < -0.39 is 0 Å². The quantitative estimate of drug-likeness (QED) is 0.847. The first-order chi connectivity index (χ1) is 9.38. The predicted octanol–water partition coefficient (Wildman–Crippen LogP) is 4.04. The molecule has 3 nitrogen and oxygen atoms in total. The molecule has 0 spiro atoms. The summed E-state index contributed by atoms with van der Waals surface area (Å²) in [6.07, 6.45) is 0.556. The molecule has 0 amide bonds. The molecular weight excluding hydrogens is 319 g/mol. The summed E-state index contributed by atoms with van der Waals surface area (Å²) in [4.78, 5) is 12.1. The molecule has 1 aromatic carbocycles. The lowest BCUT2D eigenvalue weighted by Gasteiger charge is -2.03. The van der Waals surface area contributed by atoms with Gasteiger partial charge in [0.25, 0.3) is 0 Å². The largest absolute Gasteiger partial charge is 0.299 e. The molecule has 0 atom stereocenters. The van der Waals surface area contributed by atoms with E-state index >= 15 is 0 Å². The molecule has 1 heterocycles. The fraction of sp³-hybridized carbons (Fsp3) is 0.286. The van der Waals surface area contributed by atoms with Crippen molar-refractivity contribution in [3.05, 3.63) is 50.2 Å². The van der Waals surface area contributed by atoms with E-state index in [9.17, 15) is 4.79 Å². The Hall–Kier alpha value is -1.03. The van der Waals surface area contributed by atoms with Gasteiger partial charge in [-0.05, 0) is 24.6 Å². The average molecular weight is 332 g/mol. The van der Waals surface area contributed by atoms with E-state index in [-0.39, 0.29) is 12.2 Å². The van der Waals surface area contributed by atoms with Gasteiger partial charge < -0.3 is 0 Å². The van der Waals surface area contributed by atoms with Crippen molar-refractivity contribution in [2.45, 2.75) is 19.8 Å². The van der Waals surface area contributed by atoms with Crippen molar-refractivity contribution >= 4 is 40.6 Å². The molecule has 0 saturated heterocycles. The molecule has 0 saturated carbocycles. The third kappa shape index (κ3) is 3.35. The highest BCUT2D eigenvalue weighted by Crippen LogP contribution is 2.24. The van der Waals surface area contributed by atoms with E-state index in [4.69, 9.17) is 34.8 Å². The zero-order chi connectivity index (χ0) is 14.9. The van der Waals surface area contributed by atoms with Crippen LogP contribution in [-0.2, 0) is 24.7 Å². The van der Waals surface area contributed by atoms with Crippen molar-refractivity contribution in [2.75, 3.05) is 0 Å². The molecule has 106 valence electrons. The van der Waals surface area contributed by atoms with E-state index in [2.05, 4.69) is 5.10 Å². The van der Waals surface area contributed by atoms with Gasteiger partial charge in [-0.2, -0.15) is 5.10 Å².